The van der Waals surface area contributed by atoms with Crippen LogP contribution in [0.1, 0.15) is 26.7 Å². The van der Waals surface area contributed by atoms with Crippen LogP contribution in [0.3, 0.4) is 0 Å². The zero-order valence-electron chi connectivity index (χ0n) is 7.84. The molecule has 13 heavy (non-hydrogen) atoms. The van der Waals surface area contributed by atoms with Crippen molar-refractivity contribution < 1.29 is 9.59 Å². The number of primary amides is 1. The summed E-state index contributed by atoms with van der Waals surface area (Å²) in [6, 6.07) is -0.805. The molecule has 5 heteroatoms. The number of rotatable bonds is 4. The summed E-state index contributed by atoms with van der Waals surface area (Å²) in [7, 11) is 0. The van der Waals surface area contributed by atoms with E-state index in [0.717, 1.165) is 12.8 Å². The van der Waals surface area contributed by atoms with E-state index in [1.807, 2.05) is 19.2 Å². The Morgan fingerprint density at radius 3 is 2.15 bits per heavy atom. The molecule has 0 spiro atoms. The Morgan fingerprint density at radius 2 is 1.85 bits per heavy atom. The highest BCUT2D eigenvalue weighted by atomic mass is 79.9. The van der Waals surface area contributed by atoms with Crippen LogP contribution in [-0.2, 0) is 4.79 Å². The van der Waals surface area contributed by atoms with Crippen molar-refractivity contribution in [2.24, 2.45) is 11.7 Å². The molecule has 1 atom stereocenters. The summed E-state index contributed by atoms with van der Waals surface area (Å²) < 4.78 is 0. The number of nitrogens with two attached hydrogens (primary N) is 1. The Labute approximate surface area is 86.4 Å². The van der Waals surface area contributed by atoms with Crippen molar-refractivity contribution in [3.8, 4) is 0 Å². The molecule has 3 amide bonds. The number of amides is 3. The minimum absolute atomic E-state index is 0.236. The molecule has 0 heterocycles. The van der Waals surface area contributed by atoms with Crippen LogP contribution in [0.15, 0.2) is 0 Å². The SMILES string of the molecule is CCC(CC)C(Br)C(=O)NC(N)=O. The molecular weight excluding hydrogens is 236 g/mol. The molecular formula is C8H15BrN2O2. The van der Waals surface area contributed by atoms with Crippen molar-refractivity contribution in [2.45, 2.75) is 31.5 Å². The minimum Gasteiger partial charge on any atom is -0.351 e. The smallest absolute Gasteiger partial charge is 0.318 e. The second-order valence-corrected chi connectivity index (χ2v) is 3.82. The Bertz CT molecular complexity index is 193. The van der Waals surface area contributed by atoms with E-state index in [2.05, 4.69) is 15.9 Å². The lowest BCUT2D eigenvalue weighted by Crippen LogP contribution is -2.41. The third kappa shape index (κ3) is 4.26. The largest absolute Gasteiger partial charge is 0.351 e. The molecule has 0 aliphatic heterocycles. The number of urea groups is 1. The molecule has 0 aromatic rings. The fraction of sp³-hybridized carbons (Fsp3) is 0.750. The molecule has 0 saturated carbocycles. The van der Waals surface area contributed by atoms with Crippen LogP contribution in [0, 0.1) is 5.92 Å². The van der Waals surface area contributed by atoms with Gasteiger partial charge >= 0.3 is 6.03 Å². The van der Waals surface area contributed by atoms with Crippen molar-refractivity contribution in [1.29, 1.82) is 0 Å². The average molecular weight is 251 g/mol. The molecule has 0 radical (unpaired) electrons. The minimum atomic E-state index is -0.805. The van der Waals surface area contributed by atoms with Crippen LogP contribution in [0.4, 0.5) is 4.79 Å². The van der Waals surface area contributed by atoms with E-state index in [4.69, 9.17) is 5.73 Å². The van der Waals surface area contributed by atoms with Crippen LogP contribution in [0.25, 0.3) is 0 Å². The molecule has 0 rings (SSSR count). The summed E-state index contributed by atoms with van der Waals surface area (Å²) in [4.78, 5) is 21.3. The first-order valence-corrected chi connectivity index (χ1v) is 5.18. The standard InChI is InChI=1S/C8H15BrN2O2/c1-3-5(4-2)6(9)7(12)11-8(10)13/h5-6H,3-4H2,1-2H3,(H3,10,11,12,13). The molecule has 3 N–H and O–H groups in total. The number of nitrogens with one attached hydrogen (secondary N) is 1. The van der Waals surface area contributed by atoms with Crippen molar-refractivity contribution in [1.82, 2.24) is 5.32 Å². The topological polar surface area (TPSA) is 72.2 Å². The molecule has 0 aliphatic carbocycles. The second kappa shape index (κ2) is 5.96. The van der Waals surface area contributed by atoms with Gasteiger partial charge in [0.1, 0.15) is 0 Å². The van der Waals surface area contributed by atoms with Gasteiger partial charge in [0.25, 0.3) is 0 Å². The number of hydrogen-bond acceptors (Lipinski definition) is 2. The zero-order chi connectivity index (χ0) is 10.4. The van der Waals surface area contributed by atoms with Gasteiger partial charge in [-0.15, -0.1) is 0 Å². The first kappa shape index (κ1) is 12.4. The van der Waals surface area contributed by atoms with E-state index >= 15 is 0 Å². The quantitative estimate of drug-likeness (QED) is 0.741. The first-order valence-electron chi connectivity index (χ1n) is 4.27. The summed E-state index contributed by atoms with van der Waals surface area (Å²) in [6.45, 7) is 4.00. The Morgan fingerprint density at radius 1 is 1.38 bits per heavy atom. The van der Waals surface area contributed by atoms with E-state index < -0.39 is 6.03 Å². The van der Waals surface area contributed by atoms with E-state index in [1.165, 1.54) is 0 Å². The van der Waals surface area contributed by atoms with Gasteiger partial charge in [0.05, 0.1) is 4.83 Å². The second-order valence-electron chi connectivity index (χ2n) is 2.83. The predicted molar refractivity (Wildman–Crippen MR) is 54.5 cm³/mol. The van der Waals surface area contributed by atoms with Gasteiger partial charge in [-0.3, -0.25) is 10.1 Å². The highest BCUT2D eigenvalue weighted by Gasteiger charge is 2.23. The fourth-order valence-corrected chi connectivity index (χ4v) is 1.97. The average Bonchev–Trinajstić information content (AvgIpc) is 2.05. The van der Waals surface area contributed by atoms with Crippen molar-refractivity contribution >= 4 is 27.9 Å². The maximum atomic E-state index is 11.3. The molecule has 0 bridgehead atoms. The maximum absolute atomic E-state index is 11.3. The first-order chi connectivity index (χ1) is 6.02. The molecule has 0 fully saturated rings. The normalized spacial score (nSPS) is 12.6. The summed E-state index contributed by atoms with van der Waals surface area (Å²) >= 11 is 3.24. The lowest BCUT2D eigenvalue weighted by molar-refractivity contribution is -0.120. The summed E-state index contributed by atoms with van der Waals surface area (Å²) in [5.41, 5.74) is 4.82. The van der Waals surface area contributed by atoms with Crippen molar-refractivity contribution in [3.63, 3.8) is 0 Å². The van der Waals surface area contributed by atoms with Gasteiger partial charge < -0.3 is 5.73 Å². The Balaban J connectivity index is 4.14. The zero-order valence-corrected chi connectivity index (χ0v) is 9.43. The maximum Gasteiger partial charge on any atom is 0.318 e. The number of carbonyl (C=O) groups is 2. The molecule has 4 nitrogen and oxygen atoms in total. The van der Waals surface area contributed by atoms with Gasteiger partial charge in [0, 0.05) is 0 Å². The van der Waals surface area contributed by atoms with Crippen LogP contribution < -0.4 is 11.1 Å². The number of carbonyl (C=O) groups excluding carboxylic acids is 2. The van der Waals surface area contributed by atoms with Gasteiger partial charge in [-0.25, -0.2) is 4.79 Å². The van der Waals surface area contributed by atoms with E-state index in [1.54, 1.807) is 0 Å². The predicted octanol–water partition coefficient (Wildman–Crippen LogP) is 1.38. The molecule has 0 aromatic heterocycles. The number of hydrogen-bond donors (Lipinski definition) is 2. The summed E-state index contributed by atoms with van der Waals surface area (Å²) in [5, 5.41) is 2.04. The third-order valence-electron chi connectivity index (χ3n) is 1.96. The number of alkyl halides is 1. The number of imide groups is 1. The van der Waals surface area contributed by atoms with Crippen molar-refractivity contribution in [2.75, 3.05) is 0 Å². The molecule has 0 aromatic carbocycles. The number of halogens is 1. The van der Waals surface area contributed by atoms with Crippen LogP contribution in [-0.4, -0.2) is 16.8 Å². The fourth-order valence-electron chi connectivity index (χ4n) is 1.11. The van der Waals surface area contributed by atoms with Gasteiger partial charge in [-0.2, -0.15) is 0 Å². The molecule has 0 saturated heterocycles. The molecule has 76 valence electrons. The monoisotopic (exact) mass is 250 g/mol. The van der Waals surface area contributed by atoms with Gasteiger partial charge in [0.2, 0.25) is 5.91 Å². The van der Waals surface area contributed by atoms with Crippen molar-refractivity contribution in [3.05, 3.63) is 0 Å². The van der Waals surface area contributed by atoms with E-state index in [0.29, 0.717) is 0 Å². The van der Waals surface area contributed by atoms with Gasteiger partial charge in [-0.1, -0.05) is 42.6 Å². The summed E-state index contributed by atoms with van der Waals surface area (Å²) in [6.07, 6.45) is 1.77. The van der Waals surface area contributed by atoms with E-state index in [9.17, 15) is 9.59 Å². The highest BCUT2D eigenvalue weighted by molar-refractivity contribution is 9.10. The Kier molecular flexibility index (Phi) is 5.70. The summed E-state index contributed by atoms with van der Waals surface area (Å²) in [5.74, 6) is -0.124. The van der Waals surface area contributed by atoms with Crippen LogP contribution in [0.5, 0.6) is 0 Å². The van der Waals surface area contributed by atoms with Crippen LogP contribution in [0.2, 0.25) is 0 Å². The van der Waals surface area contributed by atoms with Gasteiger partial charge in [-0.05, 0) is 5.92 Å². The van der Waals surface area contributed by atoms with Crippen LogP contribution >= 0.6 is 15.9 Å². The highest BCUT2D eigenvalue weighted by Crippen LogP contribution is 2.20. The molecule has 1 unspecified atom stereocenters. The Hall–Kier alpha value is -0.580. The third-order valence-corrected chi connectivity index (χ3v) is 3.12. The lowest BCUT2D eigenvalue weighted by atomic mass is 9.99. The lowest BCUT2D eigenvalue weighted by Gasteiger charge is -2.17. The van der Waals surface area contributed by atoms with E-state index in [-0.39, 0.29) is 16.7 Å². The molecule has 0 aliphatic rings. The van der Waals surface area contributed by atoms with Gasteiger partial charge in [0.15, 0.2) is 0 Å².